The van der Waals surface area contributed by atoms with E-state index in [0.717, 1.165) is 12.2 Å². The molecular formula is C12H20N2S2. The fraction of sp³-hybridized carbons (Fsp3) is 0.750. The number of hydrogen-bond acceptors (Lipinski definition) is 4. The summed E-state index contributed by atoms with van der Waals surface area (Å²) in [5.74, 6) is 1.05. The molecule has 0 spiro atoms. The SMILES string of the molecule is CNC1CC(C)(C)Cc2nc(CSC)sc21. The van der Waals surface area contributed by atoms with Crippen molar-refractivity contribution >= 4 is 23.1 Å². The lowest BCUT2D eigenvalue weighted by Gasteiger charge is -2.34. The summed E-state index contributed by atoms with van der Waals surface area (Å²) in [6.07, 6.45) is 4.49. The minimum Gasteiger partial charge on any atom is -0.312 e. The molecule has 2 nitrogen and oxygen atoms in total. The predicted octanol–water partition coefficient (Wildman–Crippen LogP) is 3.24. The van der Waals surface area contributed by atoms with Gasteiger partial charge in [-0.3, -0.25) is 0 Å². The molecule has 0 aliphatic heterocycles. The summed E-state index contributed by atoms with van der Waals surface area (Å²) in [4.78, 5) is 6.27. The van der Waals surface area contributed by atoms with E-state index in [9.17, 15) is 0 Å². The summed E-state index contributed by atoms with van der Waals surface area (Å²) in [5, 5.41) is 4.72. The van der Waals surface area contributed by atoms with Crippen LogP contribution in [0, 0.1) is 5.41 Å². The van der Waals surface area contributed by atoms with Crippen molar-refractivity contribution in [2.45, 2.75) is 38.5 Å². The minimum absolute atomic E-state index is 0.380. The highest BCUT2D eigenvalue weighted by Gasteiger charge is 2.34. The topological polar surface area (TPSA) is 24.9 Å². The van der Waals surface area contributed by atoms with Crippen molar-refractivity contribution in [2.24, 2.45) is 5.41 Å². The summed E-state index contributed by atoms with van der Waals surface area (Å²) >= 11 is 3.75. The first-order chi connectivity index (χ1) is 7.55. The van der Waals surface area contributed by atoms with Crippen LogP contribution in [0.1, 0.15) is 41.9 Å². The molecule has 1 aromatic heterocycles. The summed E-state index contributed by atoms with van der Waals surface area (Å²) in [5.41, 5.74) is 1.72. The van der Waals surface area contributed by atoms with Crippen LogP contribution in [-0.2, 0) is 12.2 Å². The third-order valence-electron chi connectivity index (χ3n) is 3.11. The first kappa shape index (κ1) is 12.4. The molecule has 0 bridgehead atoms. The van der Waals surface area contributed by atoms with Crippen LogP contribution in [0.25, 0.3) is 0 Å². The Morgan fingerprint density at radius 2 is 2.31 bits per heavy atom. The third-order valence-corrected chi connectivity index (χ3v) is 5.06. The van der Waals surface area contributed by atoms with E-state index in [4.69, 9.17) is 4.98 Å². The molecule has 0 amide bonds. The average Bonchev–Trinajstić information content (AvgIpc) is 2.58. The lowest BCUT2D eigenvalue weighted by atomic mass is 9.76. The van der Waals surface area contributed by atoms with Gasteiger partial charge < -0.3 is 5.32 Å². The Morgan fingerprint density at radius 3 is 2.94 bits per heavy atom. The van der Waals surface area contributed by atoms with E-state index in [-0.39, 0.29) is 0 Å². The minimum atomic E-state index is 0.380. The Bertz CT molecular complexity index is 371. The smallest absolute Gasteiger partial charge is 0.103 e. The monoisotopic (exact) mass is 256 g/mol. The Kier molecular flexibility index (Phi) is 3.62. The number of hydrogen-bond donors (Lipinski definition) is 1. The lowest BCUT2D eigenvalue weighted by Crippen LogP contribution is -2.30. The molecule has 1 N–H and O–H groups in total. The maximum Gasteiger partial charge on any atom is 0.103 e. The fourth-order valence-electron chi connectivity index (χ4n) is 2.40. The highest BCUT2D eigenvalue weighted by molar-refractivity contribution is 7.97. The molecule has 1 atom stereocenters. The van der Waals surface area contributed by atoms with Gasteiger partial charge in [0, 0.05) is 16.7 Å². The largest absolute Gasteiger partial charge is 0.312 e. The van der Waals surface area contributed by atoms with E-state index in [0.29, 0.717) is 11.5 Å². The Morgan fingerprint density at radius 1 is 1.56 bits per heavy atom. The molecule has 0 fully saturated rings. The lowest BCUT2D eigenvalue weighted by molar-refractivity contribution is 0.265. The van der Waals surface area contributed by atoms with Crippen LogP contribution >= 0.6 is 23.1 Å². The van der Waals surface area contributed by atoms with Gasteiger partial charge in [0.15, 0.2) is 0 Å². The van der Waals surface area contributed by atoms with Crippen LogP contribution in [-0.4, -0.2) is 18.3 Å². The van der Waals surface area contributed by atoms with E-state index < -0.39 is 0 Å². The molecule has 4 heteroatoms. The van der Waals surface area contributed by atoms with E-state index in [1.54, 1.807) is 0 Å². The first-order valence-corrected chi connectivity index (χ1v) is 7.91. The van der Waals surface area contributed by atoms with Gasteiger partial charge in [-0.15, -0.1) is 11.3 Å². The second kappa shape index (κ2) is 4.67. The molecule has 0 saturated heterocycles. The van der Waals surface area contributed by atoms with Crippen molar-refractivity contribution < 1.29 is 0 Å². The fourth-order valence-corrected chi connectivity index (χ4v) is 4.29. The quantitative estimate of drug-likeness (QED) is 0.898. The van der Waals surface area contributed by atoms with Gasteiger partial charge in [0.2, 0.25) is 0 Å². The van der Waals surface area contributed by atoms with Gasteiger partial charge in [-0.2, -0.15) is 11.8 Å². The number of aromatic nitrogens is 1. The summed E-state index contributed by atoms with van der Waals surface area (Å²) in [6, 6.07) is 0.506. The molecule has 16 heavy (non-hydrogen) atoms. The molecule has 2 rings (SSSR count). The molecule has 0 aromatic carbocycles. The summed E-state index contributed by atoms with van der Waals surface area (Å²) in [7, 11) is 2.06. The van der Waals surface area contributed by atoms with Crippen LogP contribution in [0.5, 0.6) is 0 Å². The average molecular weight is 256 g/mol. The van der Waals surface area contributed by atoms with Crippen molar-refractivity contribution in [1.29, 1.82) is 0 Å². The zero-order valence-electron chi connectivity index (χ0n) is 10.5. The van der Waals surface area contributed by atoms with E-state index in [1.807, 2.05) is 23.1 Å². The van der Waals surface area contributed by atoms with Crippen LogP contribution < -0.4 is 5.32 Å². The highest BCUT2D eigenvalue weighted by Crippen LogP contribution is 2.43. The van der Waals surface area contributed by atoms with Crippen molar-refractivity contribution in [3.8, 4) is 0 Å². The van der Waals surface area contributed by atoms with Crippen molar-refractivity contribution in [3.05, 3.63) is 15.6 Å². The first-order valence-electron chi connectivity index (χ1n) is 5.70. The molecule has 0 saturated carbocycles. The molecule has 1 unspecified atom stereocenters. The molecule has 1 aromatic rings. The molecule has 1 aliphatic carbocycles. The van der Waals surface area contributed by atoms with Crippen LogP contribution in [0.2, 0.25) is 0 Å². The number of nitrogens with one attached hydrogen (secondary N) is 1. The zero-order valence-corrected chi connectivity index (χ0v) is 12.1. The number of nitrogens with zero attached hydrogens (tertiary/aromatic N) is 1. The second-order valence-corrected chi connectivity index (χ2v) is 7.22. The van der Waals surface area contributed by atoms with Gasteiger partial charge in [-0.25, -0.2) is 4.98 Å². The number of fused-ring (bicyclic) bond motifs is 1. The number of thiazole rings is 1. The van der Waals surface area contributed by atoms with Gasteiger partial charge >= 0.3 is 0 Å². The molecule has 90 valence electrons. The van der Waals surface area contributed by atoms with Gasteiger partial charge in [0.1, 0.15) is 5.01 Å². The Balaban J connectivity index is 2.31. The Hall–Kier alpha value is -0.0600. The molecule has 1 aliphatic rings. The van der Waals surface area contributed by atoms with E-state index in [1.165, 1.54) is 22.0 Å². The summed E-state index contributed by atoms with van der Waals surface area (Å²) < 4.78 is 0. The number of rotatable bonds is 3. The number of thioether (sulfide) groups is 1. The molecule has 0 radical (unpaired) electrons. The Labute approximate surface area is 106 Å². The predicted molar refractivity (Wildman–Crippen MR) is 73.2 cm³/mol. The van der Waals surface area contributed by atoms with Crippen molar-refractivity contribution in [2.75, 3.05) is 13.3 Å². The highest BCUT2D eigenvalue weighted by atomic mass is 32.2. The van der Waals surface area contributed by atoms with Gasteiger partial charge in [-0.1, -0.05) is 13.8 Å². The molecule has 1 heterocycles. The van der Waals surface area contributed by atoms with Crippen LogP contribution in [0.3, 0.4) is 0 Å². The molecular weight excluding hydrogens is 236 g/mol. The maximum atomic E-state index is 4.79. The van der Waals surface area contributed by atoms with Gasteiger partial charge in [0.25, 0.3) is 0 Å². The maximum absolute atomic E-state index is 4.79. The van der Waals surface area contributed by atoms with E-state index in [2.05, 4.69) is 32.5 Å². The normalized spacial score (nSPS) is 23.1. The van der Waals surface area contributed by atoms with Gasteiger partial charge in [-0.05, 0) is 31.6 Å². The third kappa shape index (κ3) is 2.44. The van der Waals surface area contributed by atoms with Crippen LogP contribution in [0.15, 0.2) is 0 Å². The zero-order chi connectivity index (χ0) is 11.8. The van der Waals surface area contributed by atoms with Crippen LogP contribution in [0.4, 0.5) is 0 Å². The van der Waals surface area contributed by atoms with Crippen molar-refractivity contribution in [3.63, 3.8) is 0 Å². The standard InChI is InChI=1S/C12H20N2S2/c1-12(2)5-8(13-3)11-9(6-12)14-10(16-11)7-15-4/h8,13H,5-7H2,1-4H3. The second-order valence-electron chi connectivity index (χ2n) is 5.24. The summed E-state index contributed by atoms with van der Waals surface area (Å²) in [6.45, 7) is 4.68. The van der Waals surface area contributed by atoms with Crippen molar-refractivity contribution in [1.82, 2.24) is 10.3 Å². The van der Waals surface area contributed by atoms with E-state index >= 15 is 0 Å². The van der Waals surface area contributed by atoms with Gasteiger partial charge in [0.05, 0.1) is 5.69 Å².